The van der Waals surface area contributed by atoms with E-state index in [2.05, 4.69) is 60.4 Å². The van der Waals surface area contributed by atoms with Gasteiger partial charge in [-0.15, -0.1) is 22.7 Å². The van der Waals surface area contributed by atoms with Gasteiger partial charge in [0.15, 0.2) is 5.13 Å². The van der Waals surface area contributed by atoms with E-state index in [9.17, 15) is 4.79 Å². The molecule has 0 bridgehead atoms. The number of aryl methyl sites for hydroxylation is 2. The zero-order valence-corrected chi connectivity index (χ0v) is 16.8. The normalized spacial score (nSPS) is 13.1. The first-order valence-electron chi connectivity index (χ1n) is 8.66. The van der Waals surface area contributed by atoms with E-state index < -0.39 is 0 Å². The van der Waals surface area contributed by atoms with Gasteiger partial charge in [-0.25, -0.2) is 4.98 Å². The van der Waals surface area contributed by atoms with Gasteiger partial charge in [0.25, 0.3) is 0 Å². The number of amides is 1. The number of hydrogen-bond donors (Lipinski definition) is 1. The molecule has 1 amide bonds. The minimum absolute atomic E-state index is 0.00746. The van der Waals surface area contributed by atoms with Crippen LogP contribution in [-0.4, -0.2) is 24.5 Å². The third-order valence-corrected chi connectivity index (χ3v) is 6.84. The Balaban J connectivity index is 1.46. The van der Waals surface area contributed by atoms with Gasteiger partial charge in [0.1, 0.15) is 0 Å². The molecule has 1 aliphatic rings. The number of hydrogen-bond acceptors (Lipinski definition) is 5. The van der Waals surface area contributed by atoms with Crippen molar-refractivity contribution in [1.29, 1.82) is 0 Å². The van der Waals surface area contributed by atoms with Crippen LogP contribution in [0.3, 0.4) is 0 Å². The molecule has 0 saturated carbocycles. The van der Waals surface area contributed by atoms with Crippen LogP contribution in [0.1, 0.15) is 21.6 Å². The Hall–Kier alpha value is -2.18. The number of benzene rings is 1. The van der Waals surface area contributed by atoms with Crippen LogP contribution in [0, 0.1) is 13.8 Å². The first-order valence-corrected chi connectivity index (χ1v) is 10.4. The van der Waals surface area contributed by atoms with Crippen molar-refractivity contribution in [2.75, 3.05) is 23.8 Å². The molecule has 4 rings (SSSR count). The summed E-state index contributed by atoms with van der Waals surface area (Å²) in [6.07, 6.45) is 1.46. The van der Waals surface area contributed by atoms with Crippen LogP contribution in [0.25, 0.3) is 11.3 Å². The molecular weight excluding hydrogens is 362 g/mol. The molecule has 26 heavy (non-hydrogen) atoms. The van der Waals surface area contributed by atoms with Crippen LogP contribution in [0.15, 0.2) is 29.6 Å². The highest BCUT2D eigenvalue weighted by molar-refractivity contribution is 7.16. The molecule has 3 heterocycles. The highest BCUT2D eigenvalue weighted by Crippen LogP contribution is 2.39. The summed E-state index contributed by atoms with van der Waals surface area (Å²) in [5, 5.41) is 6.94. The lowest BCUT2D eigenvalue weighted by Gasteiger charge is -2.07. The van der Waals surface area contributed by atoms with Crippen molar-refractivity contribution in [3.05, 3.63) is 51.2 Å². The number of nitrogens with zero attached hydrogens (tertiary/aromatic N) is 2. The molecule has 6 heteroatoms. The summed E-state index contributed by atoms with van der Waals surface area (Å²) >= 11 is 3.27. The smallest absolute Gasteiger partial charge is 0.230 e. The first kappa shape index (κ1) is 17.2. The van der Waals surface area contributed by atoms with Crippen molar-refractivity contribution in [2.24, 2.45) is 0 Å². The number of aromatic nitrogens is 1. The second-order valence-electron chi connectivity index (χ2n) is 6.72. The molecule has 0 spiro atoms. The third kappa shape index (κ3) is 3.27. The van der Waals surface area contributed by atoms with Crippen molar-refractivity contribution >= 4 is 38.7 Å². The quantitative estimate of drug-likeness (QED) is 0.712. The van der Waals surface area contributed by atoms with Gasteiger partial charge in [-0.05, 0) is 31.4 Å². The molecule has 134 valence electrons. The van der Waals surface area contributed by atoms with Crippen LogP contribution in [-0.2, 0) is 17.6 Å². The second kappa shape index (κ2) is 6.85. The monoisotopic (exact) mass is 383 g/mol. The molecule has 0 fully saturated rings. The second-order valence-corrected chi connectivity index (χ2v) is 8.78. The number of likely N-dealkylation sites (N-methyl/N-ethyl adjacent to an activating group) is 1. The van der Waals surface area contributed by atoms with Crippen molar-refractivity contribution in [1.82, 2.24) is 4.98 Å². The Labute approximate surface area is 161 Å². The van der Waals surface area contributed by atoms with Gasteiger partial charge in [-0.1, -0.05) is 29.8 Å². The van der Waals surface area contributed by atoms with E-state index in [0.717, 1.165) is 24.2 Å². The molecule has 0 atom stereocenters. The summed E-state index contributed by atoms with van der Waals surface area (Å²) in [5.41, 5.74) is 5.75. The summed E-state index contributed by atoms with van der Waals surface area (Å²) in [6, 6.07) is 8.27. The highest BCUT2D eigenvalue weighted by atomic mass is 32.1. The molecule has 1 N–H and O–H groups in total. The van der Waals surface area contributed by atoms with E-state index >= 15 is 0 Å². The topological polar surface area (TPSA) is 45.2 Å². The Morgan fingerprint density at radius 1 is 1.27 bits per heavy atom. The molecule has 4 nitrogen and oxygen atoms in total. The predicted molar refractivity (Wildman–Crippen MR) is 111 cm³/mol. The van der Waals surface area contributed by atoms with E-state index in [-0.39, 0.29) is 5.91 Å². The lowest BCUT2D eigenvalue weighted by molar-refractivity contribution is -0.115. The van der Waals surface area contributed by atoms with Crippen LogP contribution in [0.4, 0.5) is 10.1 Å². The summed E-state index contributed by atoms with van der Waals surface area (Å²) in [5.74, 6) is 0.00746. The van der Waals surface area contributed by atoms with Crippen LogP contribution in [0.2, 0.25) is 0 Å². The van der Waals surface area contributed by atoms with Gasteiger partial charge in [-0.3, -0.25) is 4.79 Å². The van der Waals surface area contributed by atoms with Crippen molar-refractivity contribution in [2.45, 2.75) is 26.7 Å². The fraction of sp³-hybridized carbons (Fsp3) is 0.300. The van der Waals surface area contributed by atoms with Crippen LogP contribution in [0.5, 0.6) is 0 Å². The Bertz CT molecular complexity index is 956. The fourth-order valence-corrected chi connectivity index (χ4v) is 5.24. The summed E-state index contributed by atoms with van der Waals surface area (Å²) in [4.78, 5) is 20.6. The Kier molecular flexibility index (Phi) is 4.54. The maximum absolute atomic E-state index is 12.6. The third-order valence-electron chi connectivity index (χ3n) is 4.78. The van der Waals surface area contributed by atoms with Gasteiger partial charge < -0.3 is 10.2 Å². The van der Waals surface area contributed by atoms with E-state index in [1.54, 1.807) is 11.3 Å². The molecule has 0 unspecified atom stereocenters. The fourth-order valence-electron chi connectivity index (χ4n) is 3.30. The molecule has 1 aliphatic heterocycles. The minimum atomic E-state index is 0.00746. The number of thiophene rings is 1. The predicted octanol–water partition coefficient (Wildman–Crippen LogP) is 4.66. The molecular formula is C20H21N3OS2. The van der Waals surface area contributed by atoms with Crippen molar-refractivity contribution < 1.29 is 4.79 Å². The number of anilines is 2. The number of rotatable bonds is 4. The molecule has 0 aliphatic carbocycles. The molecule has 0 radical (unpaired) electrons. The summed E-state index contributed by atoms with van der Waals surface area (Å²) in [7, 11) is 2.12. The van der Waals surface area contributed by atoms with Gasteiger partial charge in [0.2, 0.25) is 5.91 Å². The molecule has 2 aromatic heterocycles. The van der Waals surface area contributed by atoms with E-state index in [1.165, 1.54) is 37.9 Å². The van der Waals surface area contributed by atoms with Crippen LogP contribution < -0.4 is 10.2 Å². The first-order chi connectivity index (χ1) is 12.5. The molecule has 0 saturated heterocycles. The van der Waals surface area contributed by atoms with Crippen molar-refractivity contribution in [3.63, 3.8) is 0 Å². The number of nitrogens with one attached hydrogen (secondary N) is 1. The molecule has 3 aromatic rings. The van der Waals surface area contributed by atoms with E-state index in [0.29, 0.717) is 11.6 Å². The zero-order valence-electron chi connectivity index (χ0n) is 15.1. The Morgan fingerprint density at radius 2 is 2.04 bits per heavy atom. The van der Waals surface area contributed by atoms with Gasteiger partial charge in [-0.2, -0.15) is 0 Å². The average Bonchev–Trinajstić information content (AvgIpc) is 3.28. The largest absolute Gasteiger partial charge is 0.366 e. The van der Waals surface area contributed by atoms with Crippen LogP contribution >= 0.6 is 22.7 Å². The van der Waals surface area contributed by atoms with E-state index in [4.69, 9.17) is 0 Å². The summed E-state index contributed by atoms with van der Waals surface area (Å²) in [6.45, 7) is 5.22. The maximum atomic E-state index is 12.6. The maximum Gasteiger partial charge on any atom is 0.230 e. The van der Waals surface area contributed by atoms with Gasteiger partial charge in [0, 0.05) is 29.4 Å². The van der Waals surface area contributed by atoms with Gasteiger partial charge >= 0.3 is 0 Å². The lowest BCUT2D eigenvalue weighted by atomic mass is 10.1. The lowest BCUT2D eigenvalue weighted by Crippen LogP contribution is -2.15. The minimum Gasteiger partial charge on any atom is -0.366 e. The standard InChI is InChI=1S/C20H21N3OS2/c1-12-4-6-14(7-5-12)17-11-25-20(21-17)22-18(24)10-16-13(2)26-19-15(16)8-9-23(19)3/h4-7,11H,8-10H2,1-3H3,(H,21,22,24). The summed E-state index contributed by atoms with van der Waals surface area (Å²) < 4.78 is 0. The number of fused-ring (bicyclic) bond motifs is 1. The van der Waals surface area contributed by atoms with Crippen molar-refractivity contribution in [3.8, 4) is 11.3 Å². The van der Waals surface area contributed by atoms with Gasteiger partial charge in [0.05, 0.1) is 17.1 Å². The highest BCUT2D eigenvalue weighted by Gasteiger charge is 2.25. The average molecular weight is 384 g/mol. The van der Waals surface area contributed by atoms with E-state index in [1.807, 2.05) is 5.38 Å². The number of thiazole rings is 1. The number of carbonyl (C=O) groups is 1. The zero-order chi connectivity index (χ0) is 18.3. The Morgan fingerprint density at radius 3 is 2.81 bits per heavy atom. The molecule has 1 aromatic carbocycles. The SMILES string of the molecule is Cc1ccc(-c2csc(NC(=O)Cc3c(C)sc4c3CCN4C)n2)cc1. The number of carbonyl (C=O) groups excluding carboxylic acids is 1.